The van der Waals surface area contributed by atoms with E-state index in [1.54, 1.807) is 7.11 Å². The number of anilines is 1. The van der Waals surface area contributed by atoms with E-state index in [4.69, 9.17) is 4.74 Å². The smallest absolute Gasteiger partial charge is 0.318 e. The number of sulfonamides is 1. The van der Waals surface area contributed by atoms with Gasteiger partial charge in [-0.05, 0) is 33.3 Å². The van der Waals surface area contributed by atoms with Crippen LogP contribution in [0.5, 0.6) is 6.01 Å². The Morgan fingerprint density at radius 2 is 1.84 bits per heavy atom. The van der Waals surface area contributed by atoms with Crippen LogP contribution in [0, 0.1) is 0 Å². The van der Waals surface area contributed by atoms with Crippen molar-refractivity contribution in [1.82, 2.24) is 19.2 Å². The maximum Gasteiger partial charge on any atom is 0.318 e. The number of allylic oxidation sites excluding steroid dienone is 6. The normalized spacial score (nSPS) is 18.8. The van der Waals surface area contributed by atoms with Gasteiger partial charge < -0.3 is 14.5 Å². The minimum atomic E-state index is -3.40. The summed E-state index contributed by atoms with van der Waals surface area (Å²) in [7, 11) is -1.83. The molecule has 0 amide bonds. The summed E-state index contributed by atoms with van der Waals surface area (Å²) in [4.78, 5) is 13.7. The van der Waals surface area contributed by atoms with Gasteiger partial charge in [0.25, 0.3) is 0 Å². The van der Waals surface area contributed by atoms with E-state index in [1.165, 1.54) is 15.6 Å². The van der Waals surface area contributed by atoms with E-state index in [0.717, 1.165) is 35.4 Å². The molecule has 1 fully saturated rings. The molecule has 0 atom stereocenters. The van der Waals surface area contributed by atoms with Crippen LogP contribution in [0.4, 0.5) is 5.82 Å². The fourth-order valence-corrected chi connectivity index (χ4v) is 4.73. The first-order valence-electron chi connectivity index (χ1n) is 10.8. The number of fused-ring (bicyclic) bond motifs is 1. The first-order chi connectivity index (χ1) is 15.3. The van der Waals surface area contributed by atoms with Crippen LogP contribution in [0.2, 0.25) is 0 Å². The predicted molar refractivity (Wildman–Crippen MR) is 128 cm³/mol. The van der Waals surface area contributed by atoms with E-state index < -0.39 is 10.0 Å². The molecule has 1 aromatic rings. The molecule has 0 spiro atoms. The summed E-state index contributed by atoms with van der Waals surface area (Å²) < 4.78 is 31.0. The second-order valence-electron chi connectivity index (χ2n) is 7.93. The fourth-order valence-electron chi connectivity index (χ4n) is 3.84. The van der Waals surface area contributed by atoms with Gasteiger partial charge in [-0.25, -0.2) is 8.42 Å². The zero-order valence-corrected chi connectivity index (χ0v) is 20.2. The molecular weight excluding hydrogens is 426 g/mol. The van der Waals surface area contributed by atoms with Gasteiger partial charge >= 0.3 is 6.01 Å². The van der Waals surface area contributed by atoms with Crippen molar-refractivity contribution >= 4 is 15.8 Å². The SMILES string of the molecule is C=CS(=O)(=O)N1CCN(c2nc(OC)nc3c2CCN(/C(C)=C/C=C\C(C)=C\C)C3)CC1. The van der Waals surface area contributed by atoms with Gasteiger partial charge in [0.15, 0.2) is 0 Å². The van der Waals surface area contributed by atoms with E-state index in [0.29, 0.717) is 38.7 Å². The highest BCUT2D eigenvalue weighted by Gasteiger charge is 2.30. The molecule has 0 N–H and O–H groups in total. The highest BCUT2D eigenvalue weighted by molar-refractivity contribution is 7.92. The largest absolute Gasteiger partial charge is 0.467 e. The van der Waals surface area contributed by atoms with Crippen LogP contribution in [0.15, 0.2) is 47.6 Å². The summed E-state index contributed by atoms with van der Waals surface area (Å²) in [6, 6.07) is 0.340. The van der Waals surface area contributed by atoms with Crippen LogP contribution < -0.4 is 9.64 Å². The Bertz CT molecular complexity index is 1040. The molecular formula is C23H33N5O3S. The summed E-state index contributed by atoms with van der Waals surface area (Å²) in [6.07, 6.45) is 9.19. The molecule has 0 aliphatic carbocycles. The van der Waals surface area contributed by atoms with Gasteiger partial charge in [0, 0.05) is 49.4 Å². The fraction of sp³-hybridized carbons (Fsp3) is 0.478. The van der Waals surface area contributed by atoms with Gasteiger partial charge in [-0.2, -0.15) is 14.3 Å². The van der Waals surface area contributed by atoms with Gasteiger partial charge in [0.1, 0.15) is 5.82 Å². The monoisotopic (exact) mass is 459 g/mol. The lowest BCUT2D eigenvalue weighted by molar-refractivity contribution is 0.308. The quantitative estimate of drug-likeness (QED) is 0.580. The van der Waals surface area contributed by atoms with Crippen molar-refractivity contribution in [2.24, 2.45) is 0 Å². The molecule has 3 heterocycles. The number of piperazine rings is 1. The van der Waals surface area contributed by atoms with Crippen molar-refractivity contribution in [1.29, 1.82) is 0 Å². The molecule has 8 nitrogen and oxygen atoms in total. The van der Waals surface area contributed by atoms with Crippen molar-refractivity contribution in [3.63, 3.8) is 0 Å². The molecule has 3 rings (SSSR count). The van der Waals surface area contributed by atoms with Gasteiger partial charge in [-0.1, -0.05) is 30.4 Å². The highest BCUT2D eigenvalue weighted by Crippen LogP contribution is 2.30. The summed E-state index contributed by atoms with van der Waals surface area (Å²) in [5.74, 6) is 0.854. The Morgan fingerprint density at radius 3 is 2.47 bits per heavy atom. The average molecular weight is 460 g/mol. The van der Waals surface area contributed by atoms with Crippen molar-refractivity contribution in [3.05, 3.63) is 58.8 Å². The highest BCUT2D eigenvalue weighted by atomic mass is 32.2. The Balaban J connectivity index is 1.80. The molecule has 9 heteroatoms. The lowest BCUT2D eigenvalue weighted by Gasteiger charge is -2.37. The third kappa shape index (κ3) is 5.39. The Morgan fingerprint density at radius 1 is 1.12 bits per heavy atom. The molecule has 0 bridgehead atoms. The summed E-state index contributed by atoms with van der Waals surface area (Å²) in [6.45, 7) is 13.1. The Hall–Kier alpha value is -2.65. The zero-order chi connectivity index (χ0) is 23.3. The maximum atomic E-state index is 12.1. The van der Waals surface area contributed by atoms with Crippen LogP contribution in [0.3, 0.4) is 0 Å². The molecule has 0 radical (unpaired) electrons. The van der Waals surface area contributed by atoms with Gasteiger partial charge in [0.05, 0.1) is 19.3 Å². The number of nitrogens with zero attached hydrogens (tertiary/aromatic N) is 5. The third-order valence-electron chi connectivity index (χ3n) is 5.96. The molecule has 2 aliphatic rings. The Labute approximate surface area is 191 Å². The Kier molecular flexibility index (Phi) is 7.73. The molecule has 0 unspecified atom stereocenters. The van der Waals surface area contributed by atoms with Crippen molar-refractivity contribution < 1.29 is 13.2 Å². The molecule has 1 saturated heterocycles. The zero-order valence-electron chi connectivity index (χ0n) is 19.4. The number of methoxy groups -OCH3 is 1. The number of rotatable bonds is 7. The van der Waals surface area contributed by atoms with Crippen molar-refractivity contribution in [2.75, 3.05) is 44.7 Å². The average Bonchev–Trinajstić information content (AvgIpc) is 2.82. The van der Waals surface area contributed by atoms with Crippen LogP contribution in [0.25, 0.3) is 0 Å². The first kappa shape index (κ1) is 24.0. The van der Waals surface area contributed by atoms with Crippen LogP contribution in [-0.4, -0.2) is 67.4 Å². The molecule has 2 aliphatic heterocycles. The number of hydrogen-bond acceptors (Lipinski definition) is 7. The number of hydrogen-bond donors (Lipinski definition) is 0. The van der Waals surface area contributed by atoms with Crippen molar-refractivity contribution in [2.45, 2.75) is 33.7 Å². The topological polar surface area (TPSA) is 78.9 Å². The van der Waals surface area contributed by atoms with E-state index >= 15 is 0 Å². The minimum absolute atomic E-state index is 0.340. The summed E-state index contributed by atoms with van der Waals surface area (Å²) in [5.41, 5.74) is 4.48. The minimum Gasteiger partial charge on any atom is -0.467 e. The van der Waals surface area contributed by atoms with Crippen LogP contribution in [-0.2, 0) is 23.0 Å². The maximum absolute atomic E-state index is 12.1. The second-order valence-corrected chi connectivity index (χ2v) is 9.81. The van der Waals surface area contributed by atoms with Crippen molar-refractivity contribution in [3.8, 4) is 6.01 Å². The lowest BCUT2D eigenvalue weighted by Crippen LogP contribution is -2.49. The van der Waals surface area contributed by atoms with E-state index in [9.17, 15) is 8.42 Å². The molecule has 0 aromatic carbocycles. The van der Waals surface area contributed by atoms with Crippen LogP contribution >= 0.6 is 0 Å². The van der Waals surface area contributed by atoms with Gasteiger partial charge in [-0.15, -0.1) is 0 Å². The van der Waals surface area contributed by atoms with Crippen LogP contribution in [0.1, 0.15) is 32.0 Å². The predicted octanol–water partition coefficient (Wildman–Crippen LogP) is 2.86. The third-order valence-corrected chi connectivity index (χ3v) is 7.47. The lowest BCUT2D eigenvalue weighted by atomic mass is 10.0. The summed E-state index contributed by atoms with van der Waals surface area (Å²) in [5, 5.41) is 1.01. The standard InChI is InChI=1S/C23H33N5O3S/c1-6-18(3)9-8-10-19(4)27-12-11-20-21(17-27)24-23(31-5)25-22(20)26-13-15-28(16-14-26)32(29,30)7-2/h6-10H,2,11-17H2,1,3-5H3/b9-8-,18-6+,19-10+. The summed E-state index contributed by atoms with van der Waals surface area (Å²) >= 11 is 0. The first-order valence-corrected chi connectivity index (χ1v) is 12.3. The van der Waals surface area contributed by atoms with E-state index in [-0.39, 0.29) is 0 Å². The molecule has 0 saturated carbocycles. The van der Waals surface area contributed by atoms with Gasteiger partial charge in [0.2, 0.25) is 10.0 Å². The van der Waals surface area contributed by atoms with E-state index in [2.05, 4.69) is 64.5 Å². The van der Waals surface area contributed by atoms with E-state index in [1.807, 2.05) is 6.92 Å². The molecule has 174 valence electrons. The molecule has 1 aromatic heterocycles. The number of ether oxygens (including phenoxy) is 1. The van der Waals surface area contributed by atoms with Gasteiger partial charge in [-0.3, -0.25) is 0 Å². The molecule has 32 heavy (non-hydrogen) atoms. The number of aromatic nitrogens is 2. The second kappa shape index (κ2) is 10.3.